The first kappa shape index (κ1) is 51.7. The summed E-state index contributed by atoms with van der Waals surface area (Å²) in [6.45, 7) is 2.86. The largest absolute Gasteiger partial charge is 0.481 e. The van der Waals surface area contributed by atoms with Gasteiger partial charge in [-0.15, -0.1) is 0 Å². The van der Waals surface area contributed by atoms with E-state index >= 15 is 0 Å². The topological polar surface area (TPSA) is 63.6 Å². The predicted octanol–water partition coefficient (Wildman–Crippen LogP) is 17.0. The fourth-order valence-corrected chi connectivity index (χ4v) is 7.56. The van der Waals surface area contributed by atoms with E-state index in [0.717, 1.165) is 32.1 Å². The Morgan fingerprint density at radius 3 is 0.943 bits per heavy atom. The molecule has 0 spiro atoms. The lowest BCUT2D eigenvalue weighted by Gasteiger charge is -2.06. The molecule has 0 rings (SSSR count). The molecule has 1 N–H and O–H groups in total. The van der Waals surface area contributed by atoms with Gasteiger partial charge in [0.15, 0.2) is 0 Å². The maximum absolute atomic E-state index is 11.9. The molecule has 0 amide bonds. The fourth-order valence-electron chi connectivity index (χ4n) is 7.56. The van der Waals surface area contributed by atoms with Gasteiger partial charge in [0, 0.05) is 12.8 Å². The van der Waals surface area contributed by atoms with E-state index in [4.69, 9.17) is 9.84 Å². The van der Waals surface area contributed by atoms with Crippen molar-refractivity contribution in [3.8, 4) is 0 Å². The lowest BCUT2D eigenvalue weighted by atomic mass is 10.0. The van der Waals surface area contributed by atoms with Crippen LogP contribution in [0.25, 0.3) is 0 Å². The lowest BCUT2D eigenvalue weighted by molar-refractivity contribution is -0.144. The van der Waals surface area contributed by atoms with Crippen LogP contribution in [0, 0.1) is 0 Å². The monoisotopic (exact) mass is 747 g/mol. The molecule has 0 aliphatic rings. The molecule has 4 heteroatoms. The Labute approximate surface area is 332 Å². The molecule has 0 bridgehead atoms. The first-order valence-corrected chi connectivity index (χ1v) is 24.2. The van der Waals surface area contributed by atoms with Crippen molar-refractivity contribution in [2.24, 2.45) is 0 Å². The van der Waals surface area contributed by atoms with Crippen molar-refractivity contribution in [3.63, 3.8) is 0 Å². The zero-order chi connectivity index (χ0) is 38.4. The van der Waals surface area contributed by atoms with Crippen LogP contribution in [-0.2, 0) is 14.3 Å². The standard InChI is InChI=1S/C49H94O4/c1-2-3-4-5-6-7-30-34-37-40-43-46-49(52)53-47-44-41-38-35-32-29-27-25-23-21-19-17-15-13-11-9-8-10-12-14-16-18-20-22-24-26-28-31-33-36-39-42-45-48(50)51/h5-6H,2-4,7-47H2,1H3,(H,50,51)/b6-5-. The number of ether oxygens (including phenoxy) is 1. The Kier molecular flexibility index (Phi) is 45.7. The Morgan fingerprint density at radius 1 is 0.358 bits per heavy atom. The summed E-state index contributed by atoms with van der Waals surface area (Å²) in [6, 6.07) is 0. The fraction of sp³-hybridized carbons (Fsp3) is 0.918. The third-order valence-corrected chi connectivity index (χ3v) is 11.2. The number of carbonyl (C=O) groups is 2. The minimum Gasteiger partial charge on any atom is -0.481 e. The number of hydrogen-bond donors (Lipinski definition) is 1. The maximum Gasteiger partial charge on any atom is 0.305 e. The molecule has 0 aromatic heterocycles. The Balaban J connectivity index is 3.13. The lowest BCUT2D eigenvalue weighted by Crippen LogP contribution is -2.05. The van der Waals surface area contributed by atoms with Crippen molar-refractivity contribution in [3.05, 3.63) is 12.2 Å². The van der Waals surface area contributed by atoms with Crippen LogP contribution in [0.5, 0.6) is 0 Å². The zero-order valence-electron chi connectivity index (χ0n) is 35.9. The van der Waals surface area contributed by atoms with E-state index < -0.39 is 5.97 Å². The highest BCUT2D eigenvalue weighted by atomic mass is 16.5. The molecule has 53 heavy (non-hydrogen) atoms. The molecule has 0 heterocycles. The molecule has 0 aromatic rings. The SMILES string of the molecule is CCCC/C=C\CCCCCCCC(=O)OCCCCCCCCCCCCCCCCCCCCCCCCCCCCCCCCCCC(=O)O. The third-order valence-electron chi connectivity index (χ3n) is 11.2. The van der Waals surface area contributed by atoms with Crippen molar-refractivity contribution >= 4 is 11.9 Å². The molecule has 0 aromatic carbocycles. The van der Waals surface area contributed by atoms with Gasteiger partial charge < -0.3 is 9.84 Å². The van der Waals surface area contributed by atoms with E-state index in [2.05, 4.69) is 19.1 Å². The summed E-state index contributed by atoms with van der Waals surface area (Å²) in [5.41, 5.74) is 0. The summed E-state index contributed by atoms with van der Waals surface area (Å²) < 4.78 is 5.45. The normalized spacial score (nSPS) is 11.6. The Morgan fingerprint density at radius 2 is 0.623 bits per heavy atom. The van der Waals surface area contributed by atoms with E-state index in [9.17, 15) is 9.59 Å². The average Bonchev–Trinajstić information content (AvgIpc) is 3.15. The van der Waals surface area contributed by atoms with Crippen molar-refractivity contribution in [1.82, 2.24) is 0 Å². The number of unbranched alkanes of at least 4 members (excludes halogenated alkanes) is 38. The Hall–Kier alpha value is -1.32. The van der Waals surface area contributed by atoms with E-state index in [1.54, 1.807) is 0 Å². The summed E-state index contributed by atoms with van der Waals surface area (Å²) in [5.74, 6) is -0.640. The summed E-state index contributed by atoms with van der Waals surface area (Å²) in [5, 5.41) is 8.66. The molecule has 4 nitrogen and oxygen atoms in total. The highest BCUT2D eigenvalue weighted by molar-refractivity contribution is 5.69. The van der Waals surface area contributed by atoms with Gasteiger partial charge in [0.25, 0.3) is 0 Å². The second-order valence-corrected chi connectivity index (χ2v) is 16.6. The second kappa shape index (κ2) is 46.8. The van der Waals surface area contributed by atoms with E-state index in [-0.39, 0.29) is 5.97 Å². The van der Waals surface area contributed by atoms with Gasteiger partial charge in [-0.3, -0.25) is 9.59 Å². The minimum atomic E-state index is -0.652. The van der Waals surface area contributed by atoms with E-state index in [1.807, 2.05) is 0 Å². The van der Waals surface area contributed by atoms with Crippen molar-refractivity contribution in [2.45, 2.75) is 283 Å². The van der Waals surface area contributed by atoms with E-state index in [0.29, 0.717) is 19.4 Å². The molecule has 0 saturated carbocycles. The highest BCUT2D eigenvalue weighted by Crippen LogP contribution is 2.17. The first-order chi connectivity index (χ1) is 26.2. The highest BCUT2D eigenvalue weighted by Gasteiger charge is 2.03. The quantitative estimate of drug-likeness (QED) is 0.0383. The zero-order valence-corrected chi connectivity index (χ0v) is 35.9. The number of allylic oxidation sites excluding steroid dienone is 2. The van der Waals surface area contributed by atoms with Crippen LogP contribution >= 0.6 is 0 Å². The van der Waals surface area contributed by atoms with Crippen LogP contribution in [0.2, 0.25) is 0 Å². The van der Waals surface area contributed by atoms with Crippen LogP contribution in [-0.4, -0.2) is 23.7 Å². The van der Waals surface area contributed by atoms with Crippen LogP contribution in [0.4, 0.5) is 0 Å². The molecular formula is C49H94O4. The molecule has 0 fully saturated rings. The molecule has 314 valence electrons. The molecule has 0 aliphatic carbocycles. The number of hydrogen-bond acceptors (Lipinski definition) is 3. The molecule has 0 radical (unpaired) electrons. The third kappa shape index (κ3) is 48.7. The minimum absolute atomic E-state index is 0.0118. The van der Waals surface area contributed by atoms with Gasteiger partial charge in [-0.05, 0) is 38.5 Å². The van der Waals surface area contributed by atoms with Crippen LogP contribution in [0.3, 0.4) is 0 Å². The maximum atomic E-state index is 11.9. The number of esters is 1. The summed E-state index contributed by atoms with van der Waals surface area (Å²) in [4.78, 5) is 22.5. The molecule has 0 saturated heterocycles. The Bertz CT molecular complexity index is 747. The summed E-state index contributed by atoms with van der Waals surface area (Å²) in [6.07, 6.45) is 60.0. The van der Waals surface area contributed by atoms with Gasteiger partial charge in [0.2, 0.25) is 0 Å². The molecule has 0 unspecified atom stereocenters. The van der Waals surface area contributed by atoms with Crippen molar-refractivity contribution in [1.29, 1.82) is 0 Å². The number of rotatable bonds is 46. The molecular weight excluding hydrogens is 653 g/mol. The van der Waals surface area contributed by atoms with Crippen molar-refractivity contribution in [2.75, 3.05) is 6.61 Å². The smallest absolute Gasteiger partial charge is 0.305 e. The van der Waals surface area contributed by atoms with Gasteiger partial charge in [-0.1, -0.05) is 244 Å². The first-order valence-electron chi connectivity index (χ1n) is 24.2. The predicted molar refractivity (Wildman–Crippen MR) is 232 cm³/mol. The van der Waals surface area contributed by atoms with Gasteiger partial charge in [0.1, 0.15) is 0 Å². The summed E-state index contributed by atoms with van der Waals surface area (Å²) >= 11 is 0. The second-order valence-electron chi connectivity index (χ2n) is 16.6. The van der Waals surface area contributed by atoms with Crippen LogP contribution in [0.15, 0.2) is 12.2 Å². The van der Waals surface area contributed by atoms with Gasteiger partial charge >= 0.3 is 11.9 Å². The number of aliphatic carboxylic acids is 1. The summed E-state index contributed by atoms with van der Waals surface area (Å²) in [7, 11) is 0. The van der Waals surface area contributed by atoms with Crippen molar-refractivity contribution < 1.29 is 19.4 Å². The van der Waals surface area contributed by atoms with Gasteiger partial charge in [-0.2, -0.15) is 0 Å². The van der Waals surface area contributed by atoms with E-state index in [1.165, 1.54) is 231 Å². The van der Waals surface area contributed by atoms with Gasteiger partial charge in [0.05, 0.1) is 6.61 Å². The number of carboxylic acid groups (broad SMARTS) is 1. The molecule has 0 atom stereocenters. The number of carboxylic acids is 1. The van der Waals surface area contributed by atoms with Crippen LogP contribution in [0.1, 0.15) is 283 Å². The average molecular weight is 747 g/mol. The van der Waals surface area contributed by atoms with Gasteiger partial charge in [-0.25, -0.2) is 0 Å². The molecule has 0 aliphatic heterocycles. The number of carbonyl (C=O) groups excluding carboxylic acids is 1. The van der Waals surface area contributed by atoms with Crippen LogP contribution < -0.4 is 0 Å².